The van der Waals surface area contributed by atoms with Crippen LogP contribution in [-0.4, -0.2) is 59.9 Å². The summed E-state index contributed by atoms with van der Waals surface area (Å²) in [6.45, 7) is 1.77. The lowest BCUT2D eigenvalue weighted by Gasteiger charge is -2.32. The number of carbonyl (C=O) groups is 1. The SMILES string of the molecule is O=C1C(CCO)NCCN1CCO. The summed E-state index contributed by atoms with van der Waals surface area (Å²) in [6.07, 6.45) is 0.445. The molecule has 3 N–H and O–H groups in total. The van der Waals surface area contributed by atoms with Crippen molar-refractivity contribution in [2.24, 2.45) is 0 Å². The molecule has 1 rings (SSSR count). The molecule has 0 spiro atoms. The molecule has 5 heteroatoms. The van der Waals surface area contributed by atoms with E-state index in [0.717, 1.165) is 6.54 Å². The molecule has 1 saturated heterocycles. The van der Waals surface area contributed by atoms with Crippen molar-refractivity contribution in [3.8, 4) is 0 Å². The van der Waals surface area contributed by atoms with Crippen molar-refractivity contribution in [1.82, 2.24) is 10.2 Å². The first-order valence-electron chi connectivity index (χ1n) is 4.53. The van der Waals surface area contributed by atoms with Gasteiger partial charge >= 0.3 is 0 Å². The van der Waals surface area contributed by atoms with Gasteiger partial charge in [0.15, 0.2) is 0 Å². The second kappa shape index (κ2) is 5.16. The number of piperazine rings is 1. The van der Waals surface area contributed by atoms with Crippen molar-refractivity contribution >= 4 is 5.91 Å². The lowest BCUT2D eigenvalue weighted by Crippen LogP contribution is -2.55. The van der Waals surface area contributed by atoms with Crippen molar-refractivity contribution in [3.05, 3.63) is 0 Å². The number of carbonyl (C=O) groups excluding carboxylic acids is 1. The zero-order valence-electron chi connectivity index (χ0n) is 7.57. The van der Waals surface area contributed by atoms with Gasteiger partial charge < -0.3 is 20.4 Å². The first-order valence-corrected chi connectivity index (χ1v) is 4.53. The van der Waals surface area contributed by atoms with Crippen LogP contribution < -0.4 is 5.32 Å². The maximum Gasteiger partial charge on any atom is 0.239 e. The molecule has 0 aromatic rings. The molecular weight excluding hydrogens is 172 g/mol. The van der Waals surface area contributed by atoms with E-state index in [1.165, 1.54) is 0 Å². The smallest absolute Gasteiger partial charge is 0.239 e. The number of hydrogen-bond acceptors (Lipinski definition) is 4. The predicted octanol–water partition coefficient (Wildman–Crippen LogP) is -1.84. The molecule has 0 bridgehead atoms. The van der Waals surface area contributed by atoms with Crippen LogP contribution >= 0.6 is 0 Å². The number of hydrogen-bond donors (Lipinski definition) is 3. The molecule has 76 valence electrons. The molecule has 13 heavy (non-hydrogen) atoms. The second-order valence-corrected chi connectivity index (χ2v) is 3.07. The molecule has 1 fully saturated rings. The number of aliphatic hydroxyl groups is 2. The minimum atomic E-state index is -0.273. The molecule has 0 saturated carbocycles. The number of nitrogens with one attached hydrogen (secondary N) is 1. The highest BCUT2D eigenvalue weighted by Crippen LogP contribution is 2.03. The molecule has 1 unspecified atom stereocenters. The fourth-order valence-electron chi connectivity index (χ4n) is 1.49. The number of rotatable bonds is 4. The van der Waals surface area contributed by atoms with Crippen LogP contribution in [0.5, 0.6) is 0 Å². The van der Waals surface area contributed by atoms with Gasteiger partial charge in [-0.2, -0.15) is 0 Å². The van der Waals surface area contributed by atoms with E-state index < -0.39 is 0 Å². The minimum absolute atomic E-state index is 0.00240. The quantitative estimate of drug-likeness (QED) is 0.485. The molecule has 1 aliphatic heterocycles. The molecular formula is C8H16N2O3. The molecule has 0 aliphatic carbocycles. The van der Waals surface area contributed by atoms with E-state index in [0.29, 0.717) is 19.5 Å². The zero-order chi connectivity index (χ0) is 9.68. The largest absolute Gasteiger partial charge is 0.396 e. The van der Waals surface area contributed by atoms with Gasteiger partial charge in [0, 0.05) is 26.2 Å². The van der Waals surface area contributed by atoms with Gasteiger partial charge in [0.05, 0.1) is 12.6 Å². The van der Waals surface area contributed by atoms with Crippen LogP contribution in [0.25, 0.3) is 0 Å². The Kier molecular flexibility index (Phi) is 4.14. The Morgan fingerprint density at radius 1 is 1.46 bits per heavy atom. The summed E-state index contributed by atoms with van der Waals surface area (Å²) >= 11 is 0. The Labute approximate surface area is 77.3 Å². The van der Waals surface area contributed by atoms with Crippen LogP contribution in [-0.2, 0) is 4.79 Å². The standard InChI is InChI=1S/C8H16N2O3/c11-5-1-7-8(13)10(4-6-12)3-2-9-7/h7,9,11-12H,1-6H2. The van der Waals surface area contributed by atoms with Crippen LogP contribution in [0, 0.1) is 0 Å². The van der Waals surface area contributed by atoms with Gasteiger partial charge in [0.1, 0.15) is 0 Å². The Morgan fingerprint density at radius 3 is 2.85 bits per heavy atom. The number of β-amino-alcohol motifs (C(OH)–C–C–N with tert-alkyl or cyclic N) is 1. The summed E-state index contributed by atoms with van der Waals surface area (Å²) in [5.74, 6) is -0.0191. The minimum Gasteiger partial charge on any atom is -0.396 e. The molecule has 1 amide bonds. The van der Waals surface area contributed by atoms with E-state index in [9.17, 15) is 4.79 Å². The number of nitrogens with zero attached hydrogens (tertiary/aromatic N) is 1. The summed E-state index contributed by atoms with van der Waals surface area (Å²) in [6, 6.07) is -0.273. The molecule has 0 radical (unpaired) electrons. The van der Waals surface area contributed by atoms with Crippen LogP contribution in [0.2, 0.25) is 0 Å². The van der Waals surface area contributed by atoms with Gasteiger partial charge in [0.25, 0.3) is 0 Å². The van der Waals surface area contributed by atoms with Gasteiger partial charge in [-0.3, -0.25) is 4.79 Å². The van der Waals surface area contributed by atoms with Gasteiger partial charge in [-0.1, -0.05) is 0 Å². The molecule has 1 atom stereocenters. The third kappa shape index (κ3) is 2.65. The van der Waals surface area contributed by atoms with Crippen LogP contribution in [0.15, 0.2) is 0 Å². The third-order valence-corrected chi connectivity index (χ3v) is 2.17. The topological polar surface area (TPSA) is 72.8 Å². The Bertz CT molecular complexity index is 155. The monoisotopic (exact) mass is 188 g/mol. The van der Waals surface area contributed by atoms with E-state index in [1.807, 2.05) is 0 Å². The highest BCUT2D eigenvalue weighted by atomic mass is 16.3. The van der Waals surface area contributed by atoms with E-state index >= 15 is 0 Å². The van der Waals surface area contributed by atoms with Gasteiger partial charge in [-0.05, 0) is 6.42 Å². The molecule has 0 aromatic heterocycles. The Morgan fingerprint density at radius 2 is 2.23 bits per heavy atom. The van der Waals surface area contributed by atoms with Crippen molar-refractivity contribution < 1.29 is 15.0 Å². The average Bonchev–Trinajstić information content (AvgIpc) is 2.13. The molecule has 1 heterocycles. The molecule has 1 aliphatic rings. The van der Waals surface area contributed by atoms with Crippen LogP contribution in [0.4, 0.5) is 0 Å². The lowest BCUT2D eigenvalue weighted by atomic mass is 10.1. The second-order valence-electron chi connectivity index (χ2n) is 3.07. The molecule has 5 nitrogen and oxygen atoms in total. The third-order valence-electron chi connectivity index (χ3n) is 2.17. The van der Waals surface area contributed by atoms with Crippen molar-refractivity contribution in [3.63, 3.8) is 0 Å². The molecule has 0 aromatic carbocycles. The van der Waals surface area contributed by atoms with Gasteiger partial charge in [-0.15, -0.1) is 0 Å². The van der Waals surface area contributed by atoms with Gasteiger partial charge in [-0.25, -0.2) is 0 Å². The van der Waals surface area contributed by atoms with Crippen molar-refractivity contribution in [2.45, 2.75) is 12.5 Å². The van der Waals surface area contributed by atoms with E-state index in [4.69, 9.17) is 10.2 Å². The maximum absolute atomic E-state index is 11.5. The highest BCUT2D eigenvalue weighted by Gasteiger charge is 2.26. The fourth-order valence-corrected chi connectivity index (χ4v) is 1.49. The lowest BCUT2D eigenvalue weighted by molar-refractivity contribution is -0.136. The maximum atomic E-state index is 11.5. The van der Waals surface area contributed by atoms with Crippen molar-refractivity contribution in [2.75, 3.05) is 32.8 Å². The summed E-state index contributed by atoms with van der Waals surface area (Å²) in [5.41, 5.74) is 0. The Balaban J connectivity index is 2.45. The number of aliphatic hydroxyl groups excluding tert-OH is 2. The first kappa shape index (κ1) is 10.4. The van der Waals surface area contributed by atoms with Crippen molar-refractivity contribution in [1.29, 1.82) is 0 Å². The van der Waals surface area contributed by atoms with Crippen LogP contribution in [0.3, 0.4) is 0 Å². The Hall–Kier alpha value is -0.650. The van der Waals surface area contributed by atoms with E-state index in [1.54, 1.807) is 4.90 Å². The zero-order valence-corrected chi connectivity index (χ0v) is 7.57. The number of amides is 1. The summed E-state index contributed by atoms with van der Waals surface area (Å²) in [7, 11) is 0. The normalized spacial score (nSPS) is 23.7. The highest BCUT2D eigenvalue weighted by molar-refractivity contribution is 5.82. The van der Waals surface area contributed by atoms with Crippen LogP contribution in [0.1, 0.15) is 6.42 Å². The summed E-state index contributed by atoms with van der Waals surface area (Å²) in [5, 5.41) is 20.4. The fraction of sp³-hybridized carbons (Fsp3) is 0.875. The van der Waals surface area contributed by atoms with Gasteiger partial charge in [0.2, 0.25) is 5.91 Å². The first-order chi connectivity index (χ1) is 6.29. The van der Waals surface area contributed by atoms with E-state index in [-0.39, 0.29) is 25.2 Å². The van der Waals surface area contributed by atoms with E-state index in [2.05, 4.69) is 5.32 Å². The average molecular weight is 188 g/mol. The predicted molar refractivity (Wildman–Crippen MR) is 47.2 cm³/mol. The summed E-state index contributed by atoms with van der Waals surface area (Å²) in [4.78, 5) is 13.2. The summed E-state index contributed by atoms with van der Waals surface area (Å²) < 4.78 is 0.